The van der Waals surface area contributed by atoms with Gasteiger partial charge in [0.15, 0.2) is 6.10 Å². The maximum atomic E-state index is 12.2. The van der Waals surface area contributed by atoms with Crippen molar-refractivity contribution in [1.29, 1.82) is 0 Å². The smallest absolute Gasteiger partial charge is 0.329 e. The summed E-state index contributed by atoms with van der Waals surface area (Å²) < 4.78 is 4.98. The molecule has 1 rings (SSSR count). The number of benzene rings is 1. The van der Waals surface area contributed by atoms with Crippen molar-refractivity contribution in [1.82, 2.24) is 5.32 Å². The first-order valence-corrected chi connectivity index (χ1v) is 7.64. The molecule has 7 heteroatoms. The van der Waals surface area contributed by atoms with E-state index in [0.717, 1.165) is 0 Å². The Kier molecular flexibility index (Phi) is 7.03. The Morgan fingerprint density at radius 3 is 2.22 bits per heavy atom. The highest BCUT2D eigenvalue weighted by atomic mass is 35.5. The van der Waals surface area contributed by atoms with Crippen LogP contribution in [0.2, 0.25) is 5.02 Å². The van der Waals surface area contributed by atoms with Crippen molar-refractivity contribution in [2.75, 3.05) is 0 Å². The summed E-state index contributed by atoms with van der Waals surface area (Å²) in [6, 6.07) is 5.42. The highest BCUT2D eigenvalue weighted by Gasteiger charge is 2.26. The summed E-state index contributed by atoms with van der Waals surface area (Å²) in [5.74, 6) is -1.71. The van der Waals surface area contributed by atoms with Gasteiger partial charge in [-0.2, -0.15) is 0 Å². The van der Waals surface area contributed by atoms with Crippen molar-refractivity contribution in [3.8, 4) is 0 Å². The van der Waals surface area contributed by atoms with Gasteiger partial charge < -0.3 is 15.8 Å². The molecule has 0 unspecified atom stereocenters. The lowest BCUT2D eigenvalue weighted by Gasteiger charge is -2.21. The standard InChI is InChI=1S/C16H21ClN2O4/c1-9(2)8-13(16(22)23-10(3)14(18)20)19-15(21)11-4-6-12(17)7-5-11/h4-7,9-10,13H,8H2,1-3H3,(H2,18,20)(H,19,21)/t10-,13+/m0/s1. The Morgan fingerprint density at radius 1 is 1.17 bits per heavy atom. The summed E-state index contributed by atoms with van der Waals surface area (Å²) in [6.45, 7) is 5.20. The lowest BCUT2D eigenvalue weighted by molar-refractivity contribution is -0.156. The molecule has 2 atom stereocenters. The fraction of sp³-hybridized carbons (Fsp3) is 0.438. The molecule has 0 saturated heterocycles. The van der Waals surface area contributed by atoms with Crippen LogP contribution in [0.4, 0.5) is 0 Å². The van der Waals surface area contributed by atoms with E-state index in [0.29, 0.717) is 17.0 Å². The predicted molar refractivity (Wildman–Crippen MR) is 86.9 cm³/mol. The Labute approximate surface area is 140 Å². The normalized spacial score (nSPS) is 13.3. The van der Waals surface area contributed by atoms with Gasteiger partial charge in [0.05, 0.1) is 0 Å². The van der Waals surface area contributed by atoms with Crippen LogP contribution in [0.5, 0.6) is 0 Å². The number of primary amides is 1. The summed E-state index contributed by atoms with van der Waals surface area (Å²) >= 11 is 5.78. The Hall–Kier alpha value is -2.08. The van der Waals surface area contributed by atoms with E-state index in [-0.39, 0.29) is 5.92 Å². The zero-order chi connectivity index (χ0) is 17.6. The number of amides is 2. The van der Waals surface area contributed by atoms with Crippen molar-refractivity contribution in [2.45, 2.75) is 39.3 Å². The fourth-order valence-corrected chi connectivity index (χ4v) is 1.97. The number of hydrogen-bond acceptors (Lipinski definition) is 4. The van der Waals surface area contributed by atoms with Crippen molar-refractivity contribution in [3.63, 3.8) is 0 Å². The van der Waals surface area contributed by atoms with Gasteiger partial charge in [0.2, 0.25) is 0 Å². The van der Waals surface area contributed by atoms with Crippen LogP contribution < -0.4 is 11.1 Å². The molecule has 0 fully saturated rings. The summed E-state index contributed by atoms with van der Waals surface area (Å²) in [5.41, 5.74) is 5.45. The first-order valence-electron chi connectivity index (χ1n) is 7.27. The SMILES string of the molecule is CC(C)C[C@@H](NC(=O)c1ccc(Cl)cc1)C(=O)O[C@@H](C)C(N)=O. The molecular formula is C16H21ClN2O4. The van der Waals surface area contributed by atoms with Crippen molar-refractivity contribution >= 4 is 29.4 Å². The summed E-state index contributed by atoms with van der Waals surface area (Å²) in [5, 5.41) is 3.13. The van der Waals surface area contributed by atoms with Gasteiger partial charge in [-0.1, -0.05) is 25.4 Å². The van der Waals surface area contributed by atoms with Gasteiger partial charge in [-0.05, 0) is 43.5 Å². The molecule has 6 nitrogen and oxygen atoms in total. The van der Waals surface area contributed by atoms with E-state index in [1.165, 1.54) is 6.92 Å². The minimum Gasteiger partial charge on any atom is -0.451 e. The van der Waals surface area contributed by atoms with Crippen LogP contribution in [0.3, 0.4) is 0 Å². The average molecular weight is 341 g/mol. The van der Waals surface area contributed by atoms with Crippen LogP contribution in [0, 0.1) is 5.92 Å². The van der Waals surface area contributed by atoms with Crippen LogP contribution in [-0.4, -0.2) is 29.9 Å². The molecule has 0 aliphatic heterocycles. The monoisotopic (exact) mass is 340 g/mol. The van der Waals surface area contributed by atoms with Gasteiger partial charge in [0.1, 0.15) is 6.04 Å². The van der Waals surface area contributed by atoms with E-state index in [1.807, 2.05) is 13.8 Å². The summed E-state index contributed by atoms with van der Waals surface area (Å²) in [7, 11) is 0. The third-order valence-electron chi connectivity index (χ3n) is 3.10. The zero-order valence-corrected chi connectivity index (χ0v) is 14.1. The molecule has 126 valence electrons. The molecular weight excluding hydrogens is 320 g/mol. The van der Waals surface area contributed by atoms with Crippen LogP contribution in [0.15, 0.2) is 24.3 Å². The van der Waals surface area contributed by atoms with Gasteiger partial charge >= 0.3 is 5.97 Å². The number of ether oxygens (including phenoxy) is 1. The number of halogens is 1. The van der Waals surface area contributed by atoms with Crippen LogP contribution in [-0.2, 0) is 14.3 Å². The zero-order valence-electron chi connectivity index (χ0n) is 13.3. The van der Waals surface area contributed by atoms with Gasteiger partial charge in [-0.25, -0.2) is 4.79 Å². The van der Waals surface area contributed by atoms with E-state index in [1.54, 1.807) is 24.3 Å². The minimum atomic E-state index is -1.05. The summed E-state index contributed by atoms with van der Waals surface area (Å²) in [4.78, 5) is 35.4. The molecule has 0 aromatic heterocycles. The molecule has 1 aromatic carbocycles. The highest BCUT2D eigenvalue weighted by Crippen LogP contribution is 2.12. The van der Waals surface area contributed by atoms with Crippen LogP contribution >= 0.6 is 11.6 Å². The van der Waals surface area contributed by atoms with E-state index in [2.05, 4.69) is 5.32 Å². The van der Waals surface area contributed by atoms with Gasteiger partial charge in [-0.15, -0.1) is 0 Å². The number of nitrogens with two attached hydrogens (primary N) is 1. The molecule has 1 aromatic rings. The number of nitrogens with one attached hydrogen (secondary N) is 1. The van der Waals surface area contributed by atoms with E-state index < -0.39 is 29.9 Å². The lowest BCUT2D eigenvalue weighted by atomic mass is 10.0. The Balaban J connectivity index is 2.81. The summed E-state index contributed by atoms with van der Waals surface area (Å²) in [6.07, 6.45) is -0.673. The van der Waals surface area contributed by atoms with E-state index >= 15 is 0 Å². The number of esters is 1. The molecule has 0 radical (unpaired) electrons. The number of carbonyl (C=O) groups is 3. The van der Waals surface area contributed by atoms with Gasteiger partial charge in [0.25, 0.3) is 11.8 Å². The molecule has 0 aliphatic rings. The lowest BCUT2D eigenvalue weighted by Crippen LogP contribution is -2.45. The fourth-order valence-electron chi connectivity index (χ4n) is 1.84. The molecule has 0 heterocycles. The predicted octanol–water partition coefficient (Wildman–Crippen LogP) is 1.90. The molecule has 0 bridgehead atoms. The maximum absolute atomic E-state index is 12.2. The first-order chi connectivity index (χ1) is 10.7. The first kappa shape index (κ1) is 19.0. The molecule has 3 N–H and O–H groups in total. The topological polar surface area (TPSA) is 98.5 Å². The van der Waals surface area contributed by atoms with Crippen LogP contribution in [0.25, 0.3) is 0 Å². The second kappa shape index (κ2) is 8.53. The quantitative estimate of drug-likeness (QED) is 0.740. The maximum Gasteiger partial charge on any atom is 0.329 e. The Morgan fingerprint density at radius 2 is 1.74 bits per heavy atom. The van der Waals surface area contributed by atoms with Crippen molar-refractivity contribution in [3.05, 3.63) is 34.9 Å². The third kappa shape index (κ3) is 6.28. The minimum absolute atomic E-state index is 0.141. The van der Waals surface area contributed by atoms with Gasteiger partial charge in [0, 0.05) is 10.6 Å². The second-order valence-corrected chi connectivity index (χ2v) is 6.08. The Bertz CT molecular complexity index is 572. The van der Waals surface area contributed by atoms with Crippen molar-refractivity contribution in [2.24, 2.45) is 11.7 Å². The van der Waals surface area contributed by atoms with Crippen LogP contribution in [0.1, 0.15) is 37.6 Å². The van der Waals surface area contributed by atoms with E-state index in [4.69, 9.17) is 22.1 Å². The average Bonchev–Trinajstić information content (AvgIpc) is 2.46. The molecule has 0 aliphatic carbocycles. The molecule has 0 saturated carbocycles. The third-order valence-corrected chi connectivity index (χ3v) is 3.35. The highest BCUT2D eigenvalue weighted by molar-refractivity contribution is 6.30. The second-order valence-electron chi connectivity index (χ2n) is 5.64. The number of rotatable bonds is 7. The molecule has 0 spiro atoms. The van der Waals surface area contributed by atoms with E-state index in [9.17, 15) is 14.4 Å². The largest absolute Gasteiger partial charge is 0.451 e. The number of hydrogen-bond donors (Lipinski definition) is 2. The molecule has 2 amide bonds. The van der Waals surface area contributed by atoms with Gasteiger partial charge in [-0.3, -0.25) is 9.59 Å². The molecule has 23 heavy (non-hydrogen) atoms. The number of carbonyl (C=O) groups excluding carboxylic acids is 3. The van der Waals surface area contributed by atoms with Crippen molar-refractivity contribution < 1.29 is 19.1 Å².